The topological polar surface area (TPSA) is 107 Å². The van der Waals surface area contributed by atoms with Crippen molar-refractivity contribution in [2.24, 2.45) is 5.41 Å². The van der Waals surface area contributed by atoms with Crippen molar-refractivity contribution >= 4 is 27.3 Å². The zero-order valence-electron chi connectivity index (χ0n) is 10.7. The number of sulfonamides is 1. The van der Waals surface area contributed by atoms with Crippen molar-refractivity contribution in [2.75, 3.05) is 6.54 Å². The average Bonchev–Trinajstić information content (AvgIpc) is 2.70. The molecule has 0 amide bonds. The molecule has 0 radical (unpaired) electrons. The molecular formula is C11H14N2O4S2. The number of thiophene rings is 1. The number of hydrogen-bond acceptors (Lipinski definition) is 5. The van der Waals surface area contributed by atoms with Crippen LogP contribution in [-0.2, 0) is 10.0 Å². The first-order valence-electron chi connectivity index (χ1n) is 5.34. The lowest BCUT2D eigenvalue weighted by Crippen LogP contribution is -2.32. The molecule has 0 aliphatic carbocycles. The minimum atomic E-state index is -3.78. The van der Waals surface area contributed by atoms with Crippen molar-refractivity contribution in [1.82, 2.24) is 4.72 Å². The van der Waals surface area contributed by atoms with E-state index in [4.69, 9.17) is 10.4 Å². The molecule has 104 valence electrons. The summed E-state index contributed by atoms with van der Waals surface area (Å²) in [6.45, 7) is 4.72. The van der Waals surface area contributed by atoms with Crippen LogP contribution < -0.4 is 4.72 Å². The molecule has 0 fully saturated rings. The first-order valence-corrected chi connectivity index (χ1v) is 7.64. The Morgan fingerprint density at radius 1 is 1.58 bits per heavy atom. The fourth-order valence-corrected chi connectivity index (χ4v) is 3.82. The Hall–Kier alpha value is -1.43. The summed E-state index contributed by atoms with van der Waals surface area (Å²) < 4.78 is 26.2. The van der Waals surface area contributed by atoms with Crippen molar-refractivity contribution in [3.05, 3.63) is 16.5 Å². The maximum atomic E-state index is 12.0. The number of nitrogens with one attached hydrogen (secondary N) is 1. The number of rotatable bonds is 5. The van der Waals surface area contributed by atoms with Crippen molar-refractivity contribution in [2.45, 2.75) is 25.0 Å². The summed E-state index contributed by atoms with van der Waals surface area (Å²) in [4.78, 5) is 10.9. The minimum Gasteiger partial charge on any atom is -0.477 e. The van der Waals surface area contributed by atoms with Crippen LogP contribution in [0.1, 0.15) is 29.1 Å². The Balaban J connectivity index is 3.00. The summed E-state index contributed by atoms with van der Waals surface area (Å²) in [5.74, 6) is -1.15. The molecule has 0 unspecified atom stereocenters. The molecule has 1 aromatic rings. The number of carbonyl (C=O) groups is 1. The molecule has 0 saturated heterocycles. The van der Waals surface area contributed by atoms with Gasteiger partial charge in [0.25, 0.3) is 0 Å². The average molecular weight is 302 g/mol. The number of aryl methyl sites for hydroxylation is 1. The van der Waals surface area contributed by atoms with Gasteiger partial charge in [-0.25, -0.2) is 17.9 Å². The molecule has 0 aromatic carbocycles. The predicted molar refractivity (Wildman–Crippen MR) is 70.6 cm³/mol. The molecule has 6 nitrogen and oxygen atoms in total. The van der Waals surface area contributed by atoms with Crippen molar-refractivity contribution in [1.29, 1.82) is 5.26 Å². The van der Waals surface area contributed by atoms with Gasteiger partial charge in [-0.3, -0.25) is 0 Å². The molecule has 2 N–H and O–H groups in total. The number of hydrogen-bond donors (Lipinski definition) is 2. The fourth-order valence-electron chi connectivity index (χ4n) is 1.18. The molecule has 0 spiro atoms. The maximum absolute atomic E-state index is 12.0. The Morgan fingerprint density at radius 3 is 2.58 bits per heavy atom. The van der Waals surface area contributed by atoms with Gasteiger partial charge < -0.3 is 5.11 Å². The van der Waals surface area contributed by atoms with E-state index in [9.17, 15) is 13.2 Å². The quantitative estimate of drug-likeness (QED) is 0.858. The third-order valence-corrected chi connectivity index (χ3v) is 5.46. The number of carboxylic acids is 1. The molecule has 8 heteroatoms. The maximum Gasteiger partial charge on any atom is 0.346 e. The monoisotopic (exact) mass is 302 g/mol. The minimum absolute atomic E-state index is 0.0000756. The Labute approximate surface area is 115 Å². The van der Waals surface area contributed by atoms with Crippen LogP contribution in [0.3, 0.4) is 0 Å². The second-order valence-corrected chi connectivity index (χ2v) is 7.75. The van der Waals surface area contributed by atoms with Crippen LogP contribution >= 0.6 is 11.3 Å². The highest BCUT2D eigenvalue weighted by molar-refractivity contribution is 7.91. The van der Waals surface area contributed by atoms with Crippen LogP contribution in [0, 0.1) is 23.7 Å². The first-order chi connectivity index (χ1) is 8.59. The Kier molecular flexibility index (Phi) is 4.35. The van der Waals surface area contributed by atoms with Crippen molar-refractivity contribution in [3.8, 4) is 6.07 Å². The zero-order chi connectivity index (χ0) is 14.8. The van der Waals surface area contributed by atoms with E-state index in [0.717, 1.165) is 0 Å². The largest absolute Gasteiger partial charge is 0.477 e. The smallest absolute Gasteiger partial charge is 0.346 e. The van der Waals surface area contributed by atoms with Crippen LogP contribution in [-0.4, -0.2) is 26.0 Å². The highest BCUT2D eigenvalue weighted by atomic mass is 32.2. The fraction of sp³-hybridized carbons (Fsp3) is 0.455. The van der Waals surface area contributed by atoms with Gasteiger partial charge in [-0.05, 0) is 32.4 Å². The van der Waals surface area contributed by atoms with Gasteiger partial charge in [-0.2, -0.15) is 5.26 Å². The first kappa shape index (κ1) is 15.6. The molecule has 0 aliphatic heterocycles. The number of carboxylic acid groups (broad SMARTS) is 1. The van der Waals surface area contributed by atoms with E-state index in [1.165, 1.54) is 13.0 Å². The van der Waals surface area contributed by atoms with Gasteiger partial charge in [-0.1, -0.05) is 0 Å². The standard InChI is InChI=1S/C11H14N2O4S2/c1-7-4-8(18-9(7)10(14)15)19(16,17)13-6-11(2,3)5-12/h4,13H,6H2,1-3H3,(H,14,15). The summed E-state index contributed by atoms with van der Waals surface area (Å²) in [6, 6.07) is 3.30. The van der Waals surface area contributed by atoms with E-state index in [2.05, 4.69) is 4.72 Å². The lowest BCUT2D eigenvalue weighted by molar-refractivity contribution is 0.0701. The van der Waals surface area contributed by atoms with E-state index in [1.807, 2.05) is 6.07 Å². The molecule has 0 bridgehead atoms. The third-order valence-electron chi connectivity index (χ3n) is 2.36. The number of nitrogens with zero attached hydrogens (tertiary/aromatic N) is 1. The van der Waals surface area contributed by atoms with Gasteiger partial charge in [-0.15, -0.1) is 11.3 Å². The van der Waals surface area contributed by atoms with E-state index in [0.29, 0.717) is 16.9 Å². The third kappa shape index (κ3) is 3.76. The van der Waals surface area contributed by atoms with E-state index in [-0.39, 0.29) is 15.6 Å². The molecule has 0 saturated carbocycles. The van der Waals surface area contributed by atoms with Gasteiger partial charge in [0.15, 0.2) is 0 Å². The van der Waals surface area contributed by atoms with E-state index in [1.54, 1.807) is 13.8 Å². The van der Waals surface area contributed by atoms with Crippen LogP contribution in [0.2, 0.25) is 0 Å². The van der Waals surface area contributed by atoms with Gasteiger partial charge in [0, 0.05) is 6.54 Å². The van der Waals surface area contributed by atoms with Gasteiger partial charge >= 0.3 is 5.97 Å². The summed E-state index contributed by atoms with van der Waals surface area (Å²) in [5.41, 5.74) is -0.424. The number of aromatic carboxylic acids is 1. The van der Waals surface area contributed by atoms with Crippen molar-refractivity contribution < 1.29 is 18.3 Å². The second-order valence-electron chi connectivity index (χ2n) is 4.70. The van der Waals surface area contributed by atoms with Gasteiger partial charge in [0.05, 0.1) is 11.5 Å². The summed E-state index contributed by atoms with van der Waals surface area (Å²) >= 11 is 0.700. The number of nitriles is 1. The Morgan fingerprint density at radius 2 is 2.16 bits per heavy atom. The zero-order valence-corrected chi connectivity index (χ0v) is 12.4. The molecule has 0 aliphatic rings. The van der Waals surface area contributed by atoms with Crippen LogP contribution in [0.5, 0.6) is 0 Å². The summed E-state index contributed by atoms with van der Waals surface area (Å²) in [5, 5.41) is 17.7. The lowest BCUT2D eigenvalue weighted by Gasteiger charge is -2.15. The second kappa shape index (κ2) is 5.28. The van der Waals surface area contributed by atoms with Gasteiger partial charge in [0.2, 0.25) is 10.0 Å². The summed E-state index contributed by atoms with van der Waals surface area (Å²) in [6.07, 6.45) is 0. The van der Waals surface area contributed by atoms with Gasteiger partial charge in [0.1, 0.15) is 9.09 Å². The van der Waals surface area contributed by atoms with Crippen LogP contribution in [0.4, 0.5) is 0 Å². The van der Waals surface area contributed by atoms with E-state index >= 15 is 0 Å². The van der Waals surface area contributed by atoms with Crippen LogP contribution in [0.25, 0.3) is 0 Å². The highest BCUT2D eigenvalue weighted by Gasteiger charge is 2.25. The SMILES string of the molecule is Cc1cc(S(=O)(=O)NCC(C)(C)C#N)sc1C(=O)O. The lowest BCUT2D eigenvalue weighted by atomic mass is 9.97. The molecule has 0 atom stereocenters. The molecular weight excluding hydrogens is 288 g/mol. The normalized spacial score (nSPS) is 12.1. The van der Waals surface area contributed by atoms with Crippen LogP contribution in [0.15, 0.2) is 10.3 Å². The summed E-state index contributed by atoms with van der Waals surface area (Å²) in [7, 11) is -3.78. The van der Waals surface area contributed by atoms with E-state index < -0.39 is 21.4 Å². The van der Waals surface area contributed by atoms with Crippen molar-refractivity contribution in [3.63, 3.8) is 0 Å². The molecule has 1 heterocycles. The highest BCUT2D eigenvalue weighted by Crippen LogP contribution is 2.26. The molecule has 19 heavy (non-hydrogen) atoms. The molecule has 1 aromatic heterocycles. The predicted octanol–water partition coefficient (Wildman–Crippen LogP) is 1.58. The Bertz CT molecular complexity index is 638. The molecule has 1 rings (SSSR count).